The van der Waals surface area contributed by atoms with Crippen molar-refractivity contribution < 1.29 is 9.18 Å². The zero-order valence-electron chi connectivity index (χ0n) is 9.27. The first-order chi connectivity index (χ1) is 8.63. The molecule has 1 aromatic carbocycles. The second-order valence-corrected chi connectivity index (χ2v) is 4.17. The fourth-order valence-corrected chi connectivity index (χ4v) is 1.91. The summed E-state index contributed by atoms with van der Waals surface area (Å²) in [5.74, 6) is -1.13. The lowest BCUT2D eigenvalue weighted by Gasteiger charge is -2.05. The first kappa shape index (κ1) is 12.1. The van der Waals surface area contributed by atoms with Crippen molar-refractivity contribution in [2.45, 2.75) is 6.92 Å². The smallest absolute Gasteiger partial charge is 0.269 e. The largest absolute Gasteiger partial charge is 0.320 e. The Morgan fingerprint density at radius 2 is 2.33 bits per heavy atom. The van der Waals surface area contributed by atoms with E-state index in [0.717, 1.165) is 17.6 Å². The van der Waals surface area contributed by atoms with Crippen molar-refractivity contribution in [2.24, 2.45) is 0 Å². The molecule has 1 aromatic heterocycles. The number of nitrogens with one attached hydrogen (secondary N) is 1. The summed E-state index contributed by atoms with van der Waals surface area (Å²) in [6, 6.07) is 5.75. The Kier molecular flexibility index (Phi) is 3.30. The van der Waals surface area contributed by atoms with Crippen LogP contribution in [-0.2, 0) is 0 Å². The monoisotopic (exact) mass is 262 g/mol. The first-order valence-electron chi connectivity index (χ1n) is 4.92. The van der Waals surface area contributed by atoms with E-state index >= 15 is 0 Å². The summed E-state index contributed by atoms with van der Waals surface area (Å²) in [5.41, 5.74) is 0.434. The molecule has 0 bridgehead atoms. The van der Waals surface area contributed by atoms with Gasteiger partial charge in [-0.15, -0.1) is 5.10 Å². The molecule has 0 aliphatic heterocycles. The molecule has 0 saturated carbocycles. The number of rotatable bonds is 2. The van der Waals surface area contributed by atoms with Crippen LogP contribution in [0, 0.1) is 24.1 Å². The zero-order valence-corrected chi connectivity index (χ0v) is 10.1. The van der Waals surface area contributed by atoms with Crippen molar-refractivity contribution >= 4 is 23.1 Å². The van der Waals surface area contributed by atoms with E-state index in [4.69, 9.17) is 5.26 Å². The van der Waals surface area contributed by atoms with Gasteiger partial charge < -0.3 is 5.32 Å². The Bertz CT molecular complexity index is 647. The number of aryl methyl sites for hydroxylation is 1. The molecule has 1 amide bonds. The third-order valence-electron chi connectivity index (χ3n) is 2.23. The van der Waals surface area contributed by atoms with E-state index in [-0.39, 0.29) is 11.3 Å². The van der Waals surface area contributed by atoms with Crippen LogP contribution in [0.25, 0.3) is 0 Å². The van der Waals surface area contributed by atoms with Gasteiger partial charge in [0.2, 0.25) is 0 Å². The summed E-state index contributed by atoms with van der Waals surface area (Å²) < 4.78 is 17.0. The number of nitrogens with zero attached hydrogens (tertiary/aromatic N) is 3. The number of carbonyl (C=O) groups excluding carboxylic acids is 1. The Morgan fingerprint density at radius 1 is 1.56 bits per heavy atom. The lowest BCUT2D eigenvalue weighted by molar-refractivity contribution is 0.103. The summed E-state index contributed by atoms with van der Waals surface area (Å²) in [6.45, 7) is 1.65. The van der Waals surface area contributed by atoms with Crippen LogP contribution in [0.3, 0.4) is 0 Å². The van der Waals surface area contributed by atoms with Crippen LogP contribution in [0.1, 0.15) is 20.9 Å². The highest BCUT2D eigenvalue weighted by molar-refractivity contribution is 7.08. The molecular weight excluding hydrogens is 255 g/mol. The van der Waals surface area contributed by atoms with Crippen LogP contribution < -0.4 is 5.32 Å². The maximum Gasteiger partial charge on any atom is 0.269 e. The van der Waals surface area contributed by atoms with Crippen molar-refractivity contribution in [2.75, 3.05) is 5.32 Å². The lowest BCUT2D eigenvalue weighted by Crippen LogP contribution is -2.13. The van der Waals surface area contributed by atoms with Crippen molar-refractivity contribution in [1.29, 1.82) is 5.26 Å². The lowest BCUT2D eigenvalue weighted by atomic mass is 10.2. The third-order valence-corrected chi connectivity index (χ3v) is 3.06. The quantitative estimate of drug-likeness (QED) is 0.899. The minimum Gasteiger partial charge on any atom is -0.320 e. The Hall–Kier alpha value is -2.33. The molecule has 0 fully saturated rings. The van der Waals surface area contributed by atoms with E-state index in [9.17, 15) is 9.18 Å². The van der Waals surface area contributed by atoms with Gasteiger partial charge >= 0.3 is 0 Å². The topological polar surface area (TPSA) is 78.7 Å². The standard InChI is InChI=1S/C11H7FN4OS/c1-6-10(18-16-15-6)11(17)14-9-4-2-3-8(12)7(9)5-13/h2-4H,1H3,(H,14,17). The van der Waals surface area contributed by atoms with Gasteiger partial charge in [-0.25, -0.2) is 4.39 Å². The van der Waals surface area contributed by atoms with Gasteiger partial charge in [-0.05, 0) is 30.6 Å². The number of halogens is 1. The van der Waals surface area contributed by atoms with Gasteiger partial charge in [-0.2, -0.15) is 5.26 Å². The molecule has 7 heteroatoms. The van der Waals surface area contributed by atoms with E-state index in [1.165, 1.54) is 12.1 Å². The first-order valence-corrected chi connectivity index (χ1v) is 5.69. The van der Waals surface area contributed by atoms with E-state index in [0.29, 0.717) is 10.6 Å². The maximum absolute atomic E-state index is 13.3. The van der Waals surface area contributed by atoms with Crippen molar-refractivity contribution in [3.63, 3.8) is 0 Å². The molecule has 1 N–H and O–H groups in total. The summed E-state index contributed by atoms with van der Waals surface area (Å²) in [7, 11) is 0. The molecule has 0 aliphatic rings. The fourth-order valence-electron chi connectivity index (χ4n) is 1.36. The van der Waals surface area contributed by atoms with E-state index in [1.54, 1.807) is 13.0 Å². The Labute approximate surface area is 106 Å². The zero-order chi connectivity index (χ0) is 13.1. The van der Waals surface area contributed by atoms with Gasteiger partial charge in [0.25, 0.3) is 5.91 Å². The number of amides is 1. The highest BCUT2D eigenvalue weighted by Gasteiger charge is 2.16. The SMILES string of the molecule is Cc1nnsc1C(=O)Nc1cccc(F)c1C#N. The molecule has 5 nitrogen and oxygen atoms in total. The molecule has 90 valence electrons. The van der Waals surface area contributed by atoms with Crippen LogP contribution in [-0.4, -0.2) is 15.5 Å². The average molecular weight is 262 g/mol. The van der Waals surface area contributed by atoms with Crippen molar-refractivity contribution in [1.82, 2.24) is 9.59 Å². The number of carbonyl (C=O) groups is 1. The molecule has 0 aliphatic carbocycles. The fraction of sp³-hybridized carbons (Fsp3) is 0.0909. The molecule has 1 heterocycles. The molecule has 0 spiro atoms. The highest BCUT2D eigenvalue weighted by atomic mass is 32.1. The van der Waals surface area contributed by atoms with Gasteiger partial charge in [0.1, 0.15) is 22.3 Å². The van der Waals surface area contributed by atoms with E-state index in [1.807, 2.05) is 0 Å². The van der Waals surface area contributed by atoms with Gasteiger partial charge in [0, 0.05) is 0 Å². The summed E-state index contributed by atoms with van der Waals surface area (Å²) in [6.07, 6.45) is 0. The minimum atomic E-state index is -0.672. The molecule has 2 aromatic rings. The third kappa shape index (κ3) is 2.19. The normalized spacial score (nSPS) is 9.83. The van der Waals surface area contributed by atoms with Crippen LogP contribution in [0.2, 0.25) is 0 Å². The maximum atomic E-state index is 13.3. The van der Waals surface area contributed by atoms with E-state index in [2.05, 4.69) is 14.9 Å². The minimum absolute atomic E-state index is 0.135. The summed E-state index contributed by atoms with van der Waals surface area (Å²) in [5, 5.41) is 15.0. The Morgan fingerprint density at radius 3 is 2.94 bits per heavy atom. The number of anilines is 1. The van der Waals surface area contributed by atoms with Crippen molar-refractivity contribution in [3.05, 3.63) is 40.2 Å². The van der Waals surface area contributed by atoms with Crippen LogP contribution in [0.5, 0.6) is 0 Å². The van der Waals surface area contributed by atoms with Gasteiger partial charge in [0.05, 0.1) is 11.4 Å². The number of benzene rings is 1. The summed E-state index contributed by atoms with van der Waals surface area (Å²) >= 11 is 0.945. The number of hydrogen-bond acceptors (Lipinski definition) is 5. The molecule has 0 unspecified atom stereocenters. The molecule has 0 saturated heterocycles. The predicted molar refractivity (Wildman–Crippen MR) is 63.7 cm³/mol. The number of aromatic nitrogens is 2. The van der Waals surface area contributed by atoms with Gasteiger partial charge in [-0.1, -0.05) is 10.6 Å². The molecular formula is C11H7FN4OS. The Balaban J connectivity index is 2.31. The molecule has 0 radical (unpaired) electrons. The van der Waals surface area contributed by atoms with Crippen molar-refractivity contribution in [3.8, 4) is 6.07 Å². The molecule has 2 rings (SSSR count). The molecule has 18 heavy (non-hydrogen) atoms. The van der Waals surface area contributed by atoms with Gasteiger partial charge in [0.15, 0.2) is 0 Å². The summed E-state index contributed by atoms with van der Waals surface area (Å²) in [4.78, 5) is 12.2. The second kappa shape index (κ2) is 4.89. The van der Waals surface area contributed by atoms with Crippen LogP contribution in [0.15, 0.2) is 18.2 Å². The average Bonchev–Trinajstić information content (AvgIpc) is 2.76. The number of hydrogen-bond donors (Lipinski definition) is 1. The van der Waals surface area contributed by atoms with Crippen LogP contribution >= 0.6 is 11.5 Å². The highest BCUT2D eigenvalue weighted by Crippen LogP contribution is 2.19. The molecule has 0 atom stereocenters. The van der Waals surface area contributed by atoms with E-state index < -0.39 is 11.7 Å². The van der Waals surface area contributed by atoms with Crippen LogP contribution in [0.4, 0.5) is 10.1 Å². The predicted octanol–water partition coefficient (Wildman–Crippen LogP) is 2.11. The number of nitriles is 1. The second-order valence-electron chi connectivity index (χ2n) is 3.42. The van der Waals surface area contributed by atoms with Gasteiger partial charge in [-0.3, -0.25) is 4.79 Å².